The lowest BCUT2D eigenvalue weighted by molar-refractivity contribution is 0.391. The second-order valence-corrected chi connectivity index (χ2v) is 7.68. The van der Waals surface area contributed by atoms with E-state index in [0.717, 1.165) is 5.39 Å². The van der Waals surface area contributed by atoms with Crippen molar-refractivity contribution < 1.29 is 13.3 Å². The van der Waals surface area contributed by atoms with Gasteiger partial charge >= 0.3 is 0 Å². The van der Waals surface area contributed by atoms with E-state index >= 15 is 0 Å². The summed E-state index contributed by atoms with van der Waals surface area (Å²) in [5, 5.41) is 9.74. The van der Waals surface area contributed by atoms with Crippen molar-refractivity contribution in [3.8, 4) is 17.1 Å². The van der Waals surface area contributed by atoms with E-state index in [4.69, 9.17) is 4.52 Å². The number of halogens is 2. The van der Waals surface area contributed by atoms with Crippen molar-refractivity contribution in [2.24, 2.45) is 0 Å². The van der Waals surface area contributed by atoms with Gasteiger partial charge in [-0.3, -0.25) is 0 Å². The van der Waals surface area contributed by atoms with Gasteiger partial charge in [0.1, 0.15) is 23.0 Å². The third-order valence-corrected chi connectivity index (χ3v) is 5.62. The van der Waals surface area contributed by atoms with Gasteiger partial charge in [0.2, 0.25) is 11.7 Å². The van der Waals surface area contributed by atoms with Crippen molar-refractivity contribution in [3.63, 3.8) is 0 Å². The van der Waals surface area contributed by atoms with Crippen molar-refractivity contribution in [3.05, 3.63) is 78.1 Å². The van der Waals surface area contributed by atoms with Crippen LogP contribution in [0.15, 0.2) is 64.5 Å². The maximum absolute atomic E-state index is 13.8. The van der Waals surface area contributed by atoms with Crippen LogP contribution in [0.2, 0.25) is 0 Å². The first kappa shape index (κ1) is 19.3. The fraction of sp³-hybridized carbons (Fsp3) is 0.0952. The molecule has 0 aliphatic rings. The van der Waals surface area contributed by atoms with Crippen molar-refractivity contribution >= 4 is 22.8 Å². The van der Waals surface area contributed by atoms with Gasteiger partial charge < -0.3 is 4.52 Å². The quantitative estimate of drug-likeness (QED) is 0.291. The Hall–Kier alpha value is -3.66. The molecule has 0 bridgehead atoms. The number of hydrogen-bond donors (Lipinski definition) is 0. The summed E-state index contributed by atoms with van der Waals surface area (Å²) in [6, 6.07) is 10.8. The van der Waals surface area contributed by atoms with Crippen molar-refractivity contribution in [1.29, 1.82) is 0 Å². The van der Waals surface area contributed by atoms with Gasteiger partial charge in [-0.2, -0.15) is 10.1 Å². The highest BCUT2D eigenvalue weighted by Crippen LogP contribution is 2.29. The van der Waals surface area contributed by atoms with E-state index in [0.29, 0.717) is 45.0 Å². The molecule has 3 heterocycles. The largest absolute Gasteiger partial charge is 0.338 e. The van der Waals surface area contributed by atoms with E-state index < -0.39 is 0 Å². The fourth-order valence-corrected chi connectivity index (χ4v) is 3.80. The van der Waals surface area contributed by atoms with Gasteiger partial charge in [0.05, 0.1) is 23.0 Å². The third-order valence-electron chi connectivity index (χ3n) is 4.63. The van der Waals surface area contributed by atoms with Gasteiger partial charge in [0.15, 0.2) is 5.65 Å². The van der Waals surface area contributed by atoms with E-state index in [1.54, 1.807) is 42.1 Å². The molecule has 0 aliphatic carbocycles. The molecule has 154 valence electrons. The van der Waals surface area contributed by atoms with Crippen LogP contribution in [0, 0.1) is 18.6 Å². The highest BCUT2D eigenvalue weighted by molar-refractivity contribution is 7.98. The van der Waals surface area contributed by atoms with E-state index in [1.165, 1.54) is 36.3 Å². The van der Waals surface area contributed by atoms with Crippen LogP contribution < -0.4 is 0 Å². The molecule has 0 unspecified atom stereocenters. The van der Waals surface area contributed by atoms with Crippen LogP contribution >= 0.6 is 11.8 Å². The summed E-state index contributed by atoms with van der Waals surface area (Å²) in [4.78, 5) is 13.0. The minimum atomic E-state index is -0.321. The van der Waals surface area contributed by atoms with E-state index in [1.807, 2.05) is 0 Å². The molecule has 10 heteroatoms. The van der Waals surface area contributed by atoms with E-state index in [9.17, 15) is 8.78 Å². The van der Waals surface area contributed by atoms with Gasteiger partial charge in [-0.25, -0.2) is 23.4 Å². The minimum absolute atomic E-state index is 0.320. The summed E-state index contributed by atoms with van der Waals surface area (Å²) in [6.07, 6.45) is 3.11. The zero-order valence-electron chi connectivity index (χ0n) is 16.2. The average molecular weight is 436 g/mol. The Labute approximate surface area is 179 Å². The number of benzene rings is 2. The highest BCUT2D eigenvalue weighted by atomic mass is 32.2. The second kappa shape index (κ2) is 7.88. The number of rotatable bonds is 5. The lowest BCUT2D eigenvalue weighted by Gasteiger charge is -2.03. The summed E-state index contributed by atoms with van der Waals surface area (Å²) in [6.45, 7) is 1.69. The number of hydrogen-bond acceptors (Lipinski definition) is 7. The standard InChI is InChI=1S/C21H14F2N6OS/c1-12-2-3-13(8-17(12)23)19-27-18(30-28-19)10-31-21-16-9-26-29(20(16)24-11-25-21)15-6-4-14(22)5-7-15/h2-9,11H,10H2,1H3. The molecule has 5 aromatic rings. The molecule has 0 aliphatic heterocycles. The van der Waals surface area contributed by atoms with Crippen molar-refractivity contribution in [2.75, 3.05) is 0 Å². The molecule has 0 N–H and O–H groups in total. The lowest BCUT2D eigenvalue weighted by atomic mass is 10.1. The molecule has 0 radical (unpaired) electrons. The smallest absolute Gasteiger partial charge is 0.237 e. The molecule has 5 rings (SSSR count). The van der Waals surface area contributed by atoms with Crippen LogP contribution in [0.25, 0.3) is 28.1 Å². The summed E-state index contributed by atoms with van der Waals surface area (Å²) >= 11 is 1.39. The highest BCUT2D eigenvalue weighted by Gasteiger charge is 2.15. The van der Waals surface area contributed by atoms with E-state index in [2.05, 4.69) is 25.2 Å². The van der Waals surface area contributed by atoms with Crippen molar-refractivity contribution in [2.45, 2.75) is 17.7 Å². The minimum Gasteiger partial charge on any atom is -0.338 e. The predicted molar refractivity (Wildman–Crippen MR) is 111 cm³/mol. The van der Waals surface area contributed by atoms with Crippen molar-refractivity contribution in [1.82, 2.24) is 29.9 Å². The number of aromatic nitrogens is 6. The topological polar surface area (TPSA) is 82.5 Å². The summed E-state index contributed by atoms with van der Waals surface area (Å²) in [7, 11) is 0. The Kier molecular flexibility index (Phi) is 4.91. The van der Waals surface area contributed by atoms with Gasteiger partial charge in [0.25, 0.3) is 0 Å². The number of aryl methyl sites for hydroxylation is 1. The Morgan fingerprint density at radius 1 is 1.06 bits per heavy atom. The lowest BCUT2D eigenvalue weighted by Crippen LogP contribution is -1.98. The van der Waals surface area contributed by atoms with Crippen LogP contribution in [0.1, 0.15) is 11.5 Å². The van der Waals surface area contributed by atoms with Gasteiger partial charge in [-0.1, -0.05) is 29.1 Å². The Bertz CT molecular complexity index is 1380. The summed E-state index contributed by atoms with van der Waals surface area (Å²) in [5.41, 5.74) is 2.40. The van der Waals surface area contributed by atoms with Crippen LogP contribution in [0.5, 0.6) is 0 Å². The van der Waals surface area contributed by atoms with Crippen LogP contribution in [0.4, 0.5) is 8.78 Å². The summed E-state index contributed by atoms with van der Waals surface area (Å²) in [5.74, 6) is 0.443. The Morgan fingerprint density at radius 2 is 1.90 bits per heavy atom. The first-order chi connectivity index (χ1) is 15.1. The molecule has 0 saturated heterocycles. The molecule has 0 atom stereocenters. The average Bonchev–Trinajstić information content (AvgIpc) is 3.42. The molecule has 2 aromatic carbocycles. The normalized spacial score (nSPS) is 11.3. The third kappa shape index (κ3) is 3.77. The number of thioether (sulfide) groups is 1. The number of fused-ring (bicyclic) bond motifs is 1. The first-order valence-corrected chi connectivity index (χ1v) is 10.2. The van der Waals surface area contributed by atoms with Gasteiger partial charge in [-0.15, -0.1) is 0 Å². The zero-order valence-corrected chi connectivity index (χ0v) is 17.0. The molecule has 0 saturated carbocycles. The molecule has 3 aromatic heterocycles. The molecule has 31 heavy (non-hydrogen) atoms. The Morgan fingerprint density at radius 3 is 2.71 bits per heavy atom. The Balaban J connectivity index is 1.37. The van der Waals surface area contributed by atoms with Crippen LogP contribution in [0.3, 0.4) is 0 Å². The summed E-state index contributed by atoms with van der Waals surface area (Å²) < 4.78 is 33.9. The first-order valence-electron chi connectivity index (χ1n) is 9.25. The molecular formula is C21H14F2N6OS. The molecule has 7 nitrogen and oxygen atoms in total. The SMILES string of the molecule is Cc1ccc(-c2noc(CSc3ncnc4c3cnn4-c3ccc(F)cc3)n2)cc1F. The van der Waals surface area contributed by atoms with Crippen LogP contribution in [-0.2, 0) is 5.75 Å². The second-order valence-electron chi connectivity index (χ2n) is 6.71. The molecule has 0 fully saturated rings. The maximum atomic E-state index is 13.8. The van der Waals surface area contributed by atoms with Gasteiger partial charge in [0, 0.05) is 5.56 Å². The fourth-order valence-electron chi connectivity index (χ4n) is 3.00. The number of nitrogens with zero attached hydrogens (tertiary/aromatic N) is 6. The predicted octanol–water partition coefficient (Wildman–Crippen LogP) is 4.74. The molecule has 0 spiro atoms. The maximum Gasteiger partial charge on any atom is 0.237 e. The monoisotopic (exact) mass is 436 g/mol. The van der Waals surface area contributed by atoms with E-state index in [-0.39, 0.29) is 11.6 Å². The molecule has 0 amide bonds. The molecular weight excluding hydrogens is 422 g/mol. The zero-order chi connectivity index (χ0) is 21.4. The van der Waals surface area contributed by atoms with Crippen LogP contribution in [-0.4, -0.2) is 29.9 Å². The van der Waals surface area contributed by atoms with Gasteiger partial charge in [-0.05, 0) is 42.8 Å².